The molecule has 2 unspecified atom stereocenters. The highest BCUT2D eigenvalue weighted by molar-refractivity contribution is 8.00. The Morgan fingerprint density at radius 3 is 2.83 bits per heavy atom. The standard InChI is InChI=1S/C19H19NO2S/c1-13-10-11-20(15-7-3-5-9-18(15)23-13)19(21)17-12-14-6-2-4-8-16(14)22-17/h2-9,13,17H,10-12H2,1H3. The molecule has 0 radical (unpaired) electrons. The number of carbonyl (C=O) groups excluding carboxylic acids is 1. The van der Waals surface area contributed by atoms with E-state index in [0.717, 1.165) is 30.0 Å². The lowest BCUT2D eigenvalue weighted by Gasteiger charge is -2.25. The second kappa shape index (κ2) is 5.93. The van der Waals surface area contributed by atoms with Crippen LogP contribution in [0.5, 0.6) is 5.75 Å². The zero-order valence-electron chi connectivity index (χ0n) is 13.1. The Morgan fingerprint density at radius 1 is 1.17 bits per heavy atom. The Bertz CT molecular complexity index is 721. The van der Waals surface area contributed by atoms with Crippen LogP contribution in [-0.4, -0.2) is 23.8 Å². The van der Waals surface area contributed by atoms with Gasteiger partial charge in [0.1, 0.15) is 5.75 Å². The molecule has 0 bridgehead atoms. The topological polar surface area (TPSA) is 29.5 Å². The second-order valence-corrected chi connectivity index (χ2v) is 7.57. The largest absolute Gasteiger partial charge is 0.480 e. The first kappa shape index (κ1) is 14.6. The van der Waals surface area contributed by atoms with Crippen molar-refractivity contribution >= 4 is 23.4 Å². The van der Waals surface area contributed by atoms with Gasteiger partial charge in [0.2, 0.25) is 0 Å². The molecule has 23 heavy (non-hydrogen) atoms. The predicted octanol–water partition coefficient (Wildman–Crippen LogP) is 3.91. The molecule has 3 nitrogen and oxygen atoms in total. The number of hydrogen-bond donors (Lipinski definition) is 0. The zero-order chi connectivity index (χ0) is 15.8. The number of nitrogens with zero attached hydrogens (tertiary/aromatic N) is 1. The van der Waals surface area contributed by atoms with E-state index in [9.17, 15) is 4.79 Å². The van der Waals surface area contributed by atoms with Gasteiger partial charge in [0.25, 0.3) is 5.91 Å². The van der Waals surface area contributed by atoms with Crippen molar-refractivity contribution < 1.29 is 9.53 Å². The number of ether oxygens (including phenoxy) is 1. The van der Waals surface area contributed by atoms with Gasteiger partial charge in [-0.05, 0) is 30.2 Å². The maximum absolute atomic E-state index is 13.1. The highest BCUT2D eigenvalue weighted by Crippen LogP contribution is 2.38. The van der Waals surface area contributed by atoms with E-state index >= 15 is 0 Å². The van der Waals surface area contributed by atoms with Gasteiger partial charge in [-0.3, -0.25) is 4.79 Å². The highest BCUT2D eigenvalue weighted by atomic mass is 32.2. The van der Waals surface area contributed by atoms with Crippen molar-refractivity contribution in [2.24, 2.45) is 0 Å². The van der Waals surface area contributed by atoms with E-state index in [2.05, 4.69) is 13.0 Å². The number of thioether (sulfide) groups is 1. The van der Waals surface area contributed by atoms with Crippen molar-refractivity contribution in [1.29, 1.82) is 0 Å². The third kappa shape index (κ3) is 2.72. The van der Waals surface area contributed by atoms with Crippen molar-refractivity contribution in [3.63, 3.8) is 0 Å². The van der Waals surface area contributed by atoms with Gasteiger partial charge in [-0.1, -0.05) is 37.3 Å². The molecule has 0 saturated carbocycles. The molecule has 0 aromatic heterocycles. The summed E-state index contributed by atoms with van der Waals surface area (Å²) in [5.41, 5.74) is 2.14. The number of hydrogen-bond acceptors (Lipinski definition) is 3. The Kier molecular flexibility index (Phi) is 3.77. The molecule has 0 spiro atoms. The van der Waals surface area contributed by atoms with Crippen molar-refractivity contribution in [3.8, 4) is 5.75 Å². The van der Waals surface area contributed by atoms with Gasteiger partial charge in [0.15, 0.2) is 6.10 Å². The van der Waals surface area contributed by atoms with Crippen LogP contribution in [0.2, 0.25) is 0 Å². The maximum Gasteiger partial charge on any atom is 0.268 e. The molecule has 1 amide bonds. The van der Waals surface area contributed by atoms with Crippen LogP contribution in [0.3, 0.4) is 0 Å². The maximum atomic E-state index is 13.1. The number of rotatable bonds is 1. The minimum absolute atomic E-state index is 0.0725. The Labute approximate surface area is 140 Å². The lowest BCUT2D eigenvalue weighted by Crippen LogP contribution is -2.42. The summed E-state index contributed by atoms with van der Waals surface area (Å²) in [4.78, 5) is 16.2. The van der Waals surface area contributed by atoms with E-state index in [4.69, 9.17) is 4.74 Å². The van der Waals surface area contributed by atoms with Gasteiger partial charge < -0.3 is 9.64 Å². The first-order valence-corrected chi connectivity index (χ1v) is 8.92. The first-order valence-electron chi connectivity index (χ1n) is 8.04. The molecule has 2 atom stereocenters. The Hall–Kier alpha value is -1.94. The molecule has 0 saturated heterocycles. The summed E-state index contributed by atoms with van der Waals surface area (Å²) in [6, 6.07) is 16.1. The molecule has 118 valence electrons. The molecule has 0 fully saturated rings. The molecule has 0 aliphatic carbocycles. The summed E-state index contributed by atoms with van der Waals surface area (Å²) in [5.74, 6) is 0.917. The second-order valence-electron chi connectivity index (χ2n) is 6.09. The smallest absolute Gasteiger partial charge is 0.268 e. The highest BCUT2D eigenvalue weighted by Gasteiger charge is 2.34. The van der Waals surface area contributed by atoms with E-state index < -0.39 is 6.10 Å². The summed E-state index contributed by atoms with van der Waals surface area (Å²) >= 11 is 1.85. The third-order valence-corrected chi connectivity index (χ3v) is 5.67. The van der Waals surface area contributed by atoms with E-state index in [1.165, 1.54) is 4.90 Å². The van der Waals surface area contributed by atoms with Gasteiger partial charge in [-0.15, -0.1) is 11.8 Å². The van der Waals surface area contributed by atoms with Gasteiger partial charge in [0.05, 0.1) is 5.69 Å². The number of amides is 1. The van der Waals surface area contributed by atoms with E-state index in [-0.39, 0.29) is 5.91 Å². The van der Waals surface area contributed by atoms with Crippen molar-refractivity contribution in [1.82, 2.24) is 0 Å². The average Bonchev–Trinajstić information content (AvgIpc) is 2.92. The predicted molar refractivity (Wildman–Crippen MR) is 93.3 cm³/mol. The Morgan fingerprint density at radius 2 is 1.96 bits per heavy atom. The van der Waals surface area contributed by atoms with Crippen LogP contribution in [0.4, 0.5) is 5.69 Å². The molecule has 0 N–H and O–H groups in total. The van der Waals surface area contributed by atoms with Gasteiger partial charge >= 0.3 is 0 Å². The van der Waals surface area contributed by atoms with Crippen LogP contribution >= 0.6 is 11.8 Å². The summed E-state index contributed by atoms with van der Waals surface area (Å²) in [6.07, 6.45) is 1.25. The normalized spacial score (nSPS) is 22.7. The van der Waals surface area contributed by atoms with Crippen molar-refractivity contribution in [2.75, 3.05) is 11.4 Å². The number of benzene rings is 2. The van der Waals surface area contributed by atoms with E-state index in [1.54, 1.807) is 0 Å². The molecule has 2 heterocycles. The van der Waals surface area contributed by atoms with Crippen LogP contribution in [-0.2, 0) is 11.2 Å². The van der Waals surface area contributed by atoms with Gasteiger partial charge in [-0.2, -0.15) is 0 Å². The fraction of sp³-hybridized carbons (Fsp3) is 0.316. The van der Waals surface area contributed by atoms with Crippen molar-refractivity contribution in [2.45, 2.75) is 36.0 Å². The fourth-order valence-electron chi connectivity index (χ4n) is 3.21. The number of carbonyl (C=O) groups is 1. The summed E-state index contributed by atoms with van der Waals surface area (Å²) in [5, 5.41) is 0.510. The lowest BCUT2D eigenvalue weighted by molar-refractivity contribution is -0.124. The van der Waals surface area contributed by atoms with Crippen LogP contribution < -0.4 is 9.64 Å². The van der Waals surface area contributed by atoms with Crippen LogP contribution in [0.15, 0.2) is 53.4 Å². The van der Waals surface area contributed by atoms with Crippen molar-refractivity contribution in [3.05, 3.63) is 54.1 Å². The molecule has 4 rings (SSSR count). The van der Waals surface area contributed by atoms with Gasteiger partial charge in [-0.25, -0.2) is 0 Å². The van der Waals surface area contributed by atoms with Crippen LogP contribution in [0.1, 0.15) is 18.9 Å². The Balaban J connectivity index is 1.62. The molecule has 2 aliphatic rings. The minimum atomic E-state index is -0.404. The molecular weight excluding hydrogens is 306 g/mol. The average molecular weight is 325 g/mol. The molecule has 2 aliphatic heterocycles. The van der Waals surface area contributed by atoms with E-state index in [0.29, 0.717) is 11.7 Å². The molecule has 2 aromatic rings. The number of fused-ring (bicyclic) bond motifs is 2. The number of anilines is 1. The SMILES string of the molecule is CC1CCN(C(=O)C2Cc3ccccc3O2)c2ccccc2S1. The first-order chi connectivity index (χ1) is 11.2. The van der Waals surface area contributed by atoms with E-state index in [1.807, 2.05) is 59.1 Å². The summed E-state index contributed by atoms with van der Waals surface area (Å²) in [7, 11) is 0. The lowest BCUT2D eigenvalue weighted by atomic mass is 10.1. The fourth-order valence-corrected chi connectivity index (χ4v) is 4.32. The number of para-hydroxylation sites is 2. The van der Waals surface area contributed by atoms with Crippen LogP contribution in [0.25, 0.3) is 0 Å². The molecule has 4 heteroatoms. The zero-order valence-corrected chi connectivity index (χ0v) is 13.9. The summed E-state index contributed by atoms with van der Waals surface area (Å²) in [6.45, 7) is 2.97. The third-order valence-electron chi connectivity index (χ3n) is 4.43. The quantitative estimate of drug-likeness (QED) is 0.796. The molecule has 2 aromatic carbocycles. The van der Waals surface area contributed by atoms with Crippen LogP contribution in [0, 0.1) is 0 Å². The van der Waals surface area contributed by atoms with Gasteiger partial charge in [0, 0.05) is 23.1 Å². The summed E-state index contributed by atoms with van der Waals surface area (Å²) < 4.78 is 5.91. The minimum Gasteiger partial charge on any atom is -0.480 e. The monoisotopic (exact) mass is 325 g/mol. The molecular formula is C19H19NO2S.